The van der Waals surface area contributed by atoms with Crippen LogP contribution in [0.3, 0.4) is 0 Å². The Bertz CT molecular complexity index is 513. The monoisotopic (exact) mass is 274 g/mol. The molecule has 1 fully saturated rings. The van der Waals surface area contributed by atoms with Gasteiger partial charge in [0.05, 0.1) is 0 Å². The van der Waals surface area contributed by atoms with Gasteiger partial charge in [-0.15, -0.1) is 0 Å². The number of hydrogen-bond donors (Lipinski definition) is 1. The Balaban J connectivity index is 2.02. The van der Waals surface area contributed by atoms with Gasteiger partial charge in [0.1, 0.15) is 5.75 Å². The minimum atomic E-state index is -1.17. The summed E-state index contributed by atoms with van der Waals surface area (Å²) in [6.07, 6.45) is 7.83. The number of rotatable bonds is 4. The van der Waals surface area contributed by atoms with Crippen LogP contribution < -0.4 is 4.74 Å². The van der Waals surface area contributed by atoms with E-state index in [4.69, 9.17) is 9.84 Å². The number of carboxylic acids is 1. The summed E-state index contributed by atoms with van der Waals surface area (Å²) in [7, 11) is 0. The molecule has 0 saturated heterocycles. The van der Waals surface area contributed by atoms with E-state index in [-0.39, 0.29) is 0 Å². The van der Waals surface area contributed by atoms with Crippen molar-refractivity contribution in [1.82, 2.24) is 0 Å². The first-order valence-corrected chi connectivity index (χ1v) is 6.88. The van der Waals surface area contributed by atoms with Crippen LogP contribution in [0.5, 0.6) is 5.75 Å². The van der Waals surface area contributed by atoms with Crippen molar-refractivity contribution < 1.29 is 19.4 Å². The molecule has 0 unspecified atom stereocenters. The van der Waals surface area contributed by atoms with E-state index in [1.54, 1.807) is 6.07 Å². The van der Waals surface area contributed by atoms with Crippen molar-refractivity contribution >= 4 is 11.9 Å². The van der Waals surface area contributed by atoms with Crippen molar-refractivity contribution in [2.45, 2.75) is 38.0 Å². The molecule has 4 heteroatoms. The molecule has 1 aliphatic carbocycles. The number of hydrogen-bond acceptors (Lipinski definition) is 3. The van der Waals surface area contributed by atoms with Gasteiger partial charge in [-0.05, 0) is 36.5 Å². The number of esters is 1. The van der Waals surface area contributed by atoms with E-state index in [1.165, 1.54) is 37.7 Å². The third-order valence-corrected chi connectivity index (χ3v) is 3.52. The van der Waals surface area contributed by atoms with E-state index in [2.05, 4.69) is 6.07 Å². The Hall–Kier alpha value is -2.10. The lowest BCUT2D eigenvalue weighted by atomic mass is 9.84. The molecule has 0 spiro atoms. The Morgan fingerprint density at radius 1 is 1.15 bits per heavy atom. The molecule has 1 aliphatic rings. The van der Waals surface area contributed by atoms with Gasteiger partial charge < -0.3 is 9.84 Å². The average Bonchev–Trinajstić information content (AvgIpc) is 2.46. The summed E-state index contributed by atoms with van der Waals surface area (Å²) in [5, 5.41) is 8.45. The first-order chi connectivity index (χ1) is 9.65. The van der Waals surface area contributed by atoms with Crippen LogP contribution in [-0.4, -0.2) is 17.0 Å². The Morgan fingerprint density at radius 3 is 2.60 bits per heavy atom. The molecule has 0 atom stereocenters. The van der Waals surface area contributed by atoms with Gasteiger partial charge in [-0.1, -0.05) is 31.4 Å². The second kappa shape index (κ2) is 6.89. The van der Waals surface area contributed by atoms with Gasteiger partial charge in [-0.25, -0.2) is 9.59 Å². The molecular formula is C16H18O4. The summed E-state index contributed by atoms with van der Waals surface area (Å²) in [5.41, 5.74) is 1.19. The maximum atomic E-state index is 11.4. The Labute approximate surface area is 118 Å². The molecule has 0 aromatic heterocycles. The first-order valence-electron chi connectivity index (χ1n) is 6.88. The summed E-state index contributed by atoms with van der Waals surface area (Å²) >= 11 is 0. The number of carboxylic acid groups (broad SMARTS) is 1. The van der Waals surface area contributed by atoms with Crippen molar-refractivity contribution in [3.63, 3.8) is 0 Å². The molecule has 0 aliphatic heterocycles. The minimum absolute atomic E-state index is 0.466. The standard InChI is InChI=1S/C16H18O4/c17-15(18)9-10-16(19)20-14-8-4-7-13(11-14)12-5-2-1-3-6-12/h4,7-12H,1-3,5-6H2,(H,17,18)/b10-9-. The van der Waals surface area contributed by atoms with Crippen LogP contribution in [0.4, 0.5) is 0 Å². The highest BCUT2D eigenvalue weighted by atomic mass is 16.5. The van der Waals surface area contributed by atoms with E-state index in [0.29, 0.717) is 11.7 Å². The number of carbonyl (C=O) groups is 2. The number of aliphatic carboxylic acids is 1. The fourth-order valence-corrected chi connectivity index (χ4v) is 2.56. The van der Waals surface area contributed by atoms with Gasteiger partial charge in [0, 0.05) is 12.2 Å². The molecule has 0 bridgehead atoms. The third-order valence-electron chi connectivity index (χ3n) is 3.52. The second-order valence-corrected chi connectivity index (χ2v) is 5.00. The lowest BCUT2D eigenvalue weighted by Crippen LogP contribution is -2.07. The van der Waals surface area contributed by atoms with Gasteiger partial charge >= 0.3 is 11.9 Å². The van der Waals surface area contributed by atoms with Crippen LogP contribution in [0, 0.1) is 0 Å². The number of benzene rings is 1. The summed E-state index contributed by atoms with van der Waals surface area (Å²) < 4.78 is 5.11. The zero-order valence-corrected chi connectivity index (χ0v) is 11.2. The fourth-order valence-electron chi connectivity index (χ4n) is 2.56. The van der Waals surface area contributed by atoms with Gasteiger partial charge in [-0.2, -0.15) is 0 Å². The molecule has 1 aromatic carbocycles. The highest BCUT2D eigenvalue weighted by Gasteiger charge is 2.16. The topological polar surface area (TPSA) is 63.6 Å². The first kappa shape index (κ1) is 14.3. The Morgan fingerprint density at radius 2 is 1.90 bits per heavy atom. The van der Waals surface area contributed by atoms with E-state index in [1.807, 2.05) is 12.1 Å². The summed E-state index contributed by atoms with van der Waals surface area (Å²) in [4.78, 5) is 21.8. The summed E-state index contributed by atoms with van der Waals surface area (Å²) in [5.74, 6) is -0.837. The zero-order valence-electron chi connectivity index (χ0n) is 11.2. The van der Waals surface area contributed by atoms with Gasteiger partial charge in [0.2, 0.25) is 0 Å². The van der Waals surface area contributed by atoms with Crippen LogP contribution in [0.25, 0.3) is 0 Å². The molecule has 0 amide bonds. The molecule has 0 heterocycles. The van der Waals surface area contributed by atoms with E-state index in [9.17, 15) is 9.59 Å². The van der Waals surface area contributed by atoms with Crippen LogP contribution in [0.15, 0.2) is 36.4 Å². The van der Waals surface area contributed by atoms with E-state index in [0.717, 1.165) is 12.2 Å². The molecule has 1 aromatic rings. The largest absolute Gasteiger partial charge is 0.478 e. The number of carbonyl (C=O) groups excluding carboxylic acids is 1. The fraction of sp³-hybridized carbons (Fsp3) is 0.375. The van der Waals surface area contributed by atoms with E-state index >= 15 is 0 Å². The lowest BCUT2D eigenvalue weighted by molar-refractivity contribution is -0.133. The molecule has 2 rings (SSSR count). The maximum absolute atomic E-state index is 11.4. The predicted octanol–water partition coefficient (Wildman–Crippen LogP) is 3.28. The third kappa shape index (κ3) is 4.23. The average molecular weight is 274 g/mol. The summed E-state index contributed by atoms with van der Waals surface area (Å²) in [6.45, 7) is 0. The van der Waals surface area contributed by atoms with Crippen LogP contribution in [0.2, 0.25) is 0 Å². The molecule has 20 heavy (non-hydrogen) atoms. The molecule has 1 saturated carbocycles. The second-order valence-electron chi connectivity index (χ2n) is 5.00. The van der Waals surface area contributed by atoms with Crippen LogP contribution in [0.1, 0.15) is 43.6 Å². The predicted molar refractivity (Wildman–Crippen MR) is 74.7 cm³/mol. The molecule has 0 radical (unpaired) electrons. The SMILES string of the molecule is O=C(O)/C=C\C(=O)Oc1cccc(C2CCCCC2)c1. The van der Waals surface area contributed by atoms with Crippen molar-refractivity contribution in [2.75, 3.05) is 0 Å². The number of ether oxygens (including phenoxy) is 1. The molecular weight excluding hydrogens is 256 g/mol. The Kier molecular flexibility index (Phi) is 4.93. The molecule has 4 nitrogen and oxygen atoms in total. The quantitative estimate of drug-likeness (QED) is 0.520. The highest BCUT2D eigenvalue weighted by molar-refractivity contribution is 5.91. The minimum Gasteiger partial charge on any atom is -0.478 e. The van der Waals surface area contributed by atoms with Crippen molar-refractivity contribution in [2.24, 2.45) is 0 Å². The normalized spacial score (nSPS) is 16.2. The van der Waals surface area contributed by atoms with Gasteiger partial charge in [0.15, 0.2) is 0 Å². The zero-order chi connectivity index (χ0) is 14.4. The highest BCUT2D eigenvalue weighted by Crippen LogP contribution is 2.33. The lowest BCUT2D eigenvalue weighted by Gasteiger charge is -2.22. The van der Waals surface area contributed by atoms with Gasteiger partial charge in [0.25, 0.3) is 0 Å². The smallest absolute Gasteiger partial charge is 0.336 e. The molecule has 106 valence electrons. The van der Waals surface area contributed by atoms with Crippen LogP contribution >= 0.6 is 0 Å². The van der Waals surface area contributed by atoms with Crippen molar-refractivity contribution in [1.29, 1.82) is 0 Å². The van der Waals surface area contributed by atoms with Crippen LogP contribution in [-0.2, 0) is 9.59 Å². The molecule has 1 N–H and O–H groups in total. The summed E-state index contributed by atoms with van der Waals surface area (Å²) in [6, 6.07) is 7.51. The van der Waals surface area contributed by atoms with E-state index < -0.39 is 11.9 Å². The maximum Gasteiger partial charge on any atom is 0.336 e. The van der Waals surface area contributed by atoms with Gasteiger partial charge in [-0.3, -0.25) is 0 Å². The van der Waals surface area contributed by atoms with Crippen molar-refractivity contribution in [3.8, 4) is 5.75 Å². The van der Waals surface area contributed by atoms with Crippen molar-refractivity contribution in [3.05, 3.63) is 42.0 Å².